The number of hydrogen-bond acceptors (Lipinski definition) is 4. The summed E-state index contributed by atoms with van der Waals surface area (Å²) >= 11 is 0. The van der Waals surface area contributed by atoms with Crippen LogP contribution < -0.4 is 15.8 Å². The Morgan fingerprint density at radius 1 is 1.00 bits per heavy atom. The van der Waals surface area contributed by atoms with Gasteiger partial charge in [-0.2, -0.15) is 4.99 Å². The highest BCUT2D eigenvalue weighted by Gasteiger charge is 2.16. The Kier molecular flexibility index (Phi) is 9.89. The Morgan fingerprint density at radius 2 is 1.70 bits per heavy atom. The molecule has 8 heteroatoms. The van der Waals surface area contributed by atoms with E-state index in [2.05, 4.69) is 17.2 Å². The van der Waals surface area contributed by atoms with Gasteiger partial charge in [-0.05, 0) is 56.2 Å². The van der Waals surface area contributed by atoms with Crippen LogP contribution in [0, 0.1) is 13.8 Å². The van der Waals surface area contributed by atoms with E-state index in [1.54, 1.807) is 19.2 Å². The SMILES string of the molecule is CCCCCCOC(=O)N=C(N)c1ccc(CNC(=O)c2cc(C)n(-c3ccc(OC)cc3)c2C)cc1. The summed E-state index contributed by atoms with van der Waals surface area (Å²) in [6.07, 6.45) is 3.40. The van der Waals surface area contributed by atoms with E-state index in [0.29, 0.717) is 24.3 Å². The Labute approximate surface area is 218 Å². The van der Waals surface area contributed by atoms with Crippen LogP contribution in [0.2, 0.25) is 0 Å². The van der Waals surface area contributed by atoms with Gasteiger partial charge in [0, 0.05) is 29.2 Å². The number of aromatic nitrogens is 1. The molecule has 0 aliphatic heterocycles. The smallest absolute Gasteiger partial charge is 0.435 e. The molecule has 0 radical (unpaired) electrons. The van der Waals surface area contributed by atoms with Crippen molar-refractivity contribution >= 4 is 17.8 Å². The third kappa shape index (κ3) is 7.46. The molecule has 3 N–H and O–H groups in total. The quantitative estimate of drug-likeness (QED) is 0.205. The molecule has 0 aliphatic carbocycles. The van der Waals surface area contributed by atoms with Crippen molar-refractivity contribution in [2.24, 2.45) is 10.7 Å². The van der Waals surface area contributed by atoms with Crippen LogP contribution in [0.15, 0.2) is 59.6 Å². The lowest BCUT2D eigenvalue weighted by molar-refractivity contribution is 0.0950. The average Bonchev–Trinajstić information content (AvgIpc) is 3.21. The Hall–Kier alpha value is -4.07. The van der Waals surface area contributed by atoms with Crippen molar-refractivity contribution < 1.29 is 19.1 Å². The number of rotatable bonds is 11. The maximum Gasteiger partial charge on any atom is 0.435 e. The lowest BCUT2D eigenvalue weighted by Crippen LogP contribution is -2.23. The summed E-state index contributed by atoms with van der Waals surface area (Å²) < 4.78 is 12.4. The van der Waals surface area contributed by atoms with Crippen LogP contribution in [0.4, 0.5) is 4.79 Å². The van der Waals surface area contributed by atoms with Gasteiger partial charge >= 0.3 is 6.09 Å². The van der Waals surface area contributed by atoms with E-state index >= 15 is 0 Å². The predicted molar refractivity (Wildman–Crippen MR) is 146 cm³/mol. The molecule has 2 aromatic carbocycles. The molecule has 3 rings (SSSR count). The van der Waals surface area contributed by atoms with Gasteiger partial charge in [0.15, 0.2) is 0 Å². The number of hydrogen-bond donors (Lipinski definition) is 2. The molecule has 8 nitrogen and oxygen atoms in total. The zero-order valence-electron chi connectivity index (χ0n) is 22.0. The highest BCUT2D eigenvalue weighted by Crippen LogP contribution is 2.23. The second kappa shape index (κ2) is 13.3. The number of nitrogens with one attached hydrogen (secondary N) is 1. The summed E-state index contributed by atoms with van der Waals surface area (Å²) in [5.74, 6) is 0.723. The summed E-state index contributed by atoms with van der Waals surface area (Å²) in [4.78, 5) is 28.6. The molecule has 0 fully saturated rings. The highest BCUT2D eigenvalue weighted by atomic mass is 16.5. The van der Waals surface area contributed by atoms with Crippen molar-refractivity contribution in [3.63, 3.8) is 0 Å². The molecule has 0 atom stereocenters. The second-order valence-electron chi connectivity index (χ2n) is 8.87. The van der Waals surface area contributed by atoms with E-state index in [4.69, 9.17) is 15.2 Å². The molecule has 37 heavy (non-hydrogen) atoms. The van der Waals surface area contributed by atoms with Crippen LogP contribution in [-0.4, -0.2) is 36.1 Å². The highest BCUT2D eigenvalue weighted by molar-refractivity contribution is 6.02. The van der Waals surface area contributed by atoms with Gasteiger partial charge in [-0.25, -0.2) is 4.79 Å². The standard InChI is InChI=1S/C29H36N4O4/c1-5-6-7-8-17-37-29(35)32-27(30)23-11-9-22(10-12-23)19-31-28(34)26-18-20(2)33(21(26)3)24-13-15-25(36-4)16-14-24/h9-16,18H,5-8,17,19H2,1-4H3,(H,31,34)(H2,30,32,35). The fraction of sp³-hybridized carbons (Fsp3) is 0.345. The molecule has 1 aromatic heterocycles. The van der Waals surface area contributed by atoms with E-state index in [0.717, 1.165) is 54.1 Å². The Morgan fingerprint density at radius 3 is 2.35 bits per heavy atom. The molecular weight excluding hydrogens is 468 g/mol. The maximum atomic E-state index is 12.9. The summed E-state index contributed by atoms with van der Waals surface area (Å²) in [5.41, 5.74) is 10.9. The molecule has 1 heterocycles. The number of nitrogens with two attached hydrogens (primary N) is 1. The van der Waals surface area contributed by atoms with E-state index in [9.17, 15) is 9.59 Å². The normalized spacial score (nSPS) is 11.3. The van der Waals surface area contributed by atoms with Crippen molar-refractivity contribution in [1.29, 1.82) is 0 Å². The predicted octanol–water partition coefficient (Wildman–Crippen LogP) is 5.45. The maximum absolute atomic E-state index is 12.9. The zero-order valence-corrected chi connectivity index (χ0v) is 22.0. The van der Waals surface area contributed by atoms with E-state index in [1.165, 1.54) is 0 Å². The van der Waals surface area contributed by atoms with Crippen LogP contribution >= 0.6 is 0 Å². The number of unbranched alkanes of at least 4 members (excludes halogenated alkanes) is 3. The summed E-state index contributed by atoms with van der Waals surface area (Å²) in [6, 6.07) is 16.8. The van der Waals surface area contributed by atoms with Gasteiger partial charge in [0.2, 0.25) is 0 Å². The van der Waals surface area contributed by atoms with Crippen molar-refractivity contribution in [3.8, 4) is 11.4 Å². The molecule has 0 aliphatic rings. The first-order valence-corrected chi connectivity index (χ1v) is 12.6. The van der Waals surface area contributed by atoms with Crippen molar-refractivity contribution in [2.45, 2.75) is 53.0 Å². The second-order valence-corrected chi connectivity index (χ2v) is 8.87. The first kappa shape index (κ1) is 27.5. The lowest BCUT2D eigenvalue weighted by Gasteiger charge is -2.11. The number of ether oxygens (including phenoxy) is 2. The Bertz CT molecular complexity index is 1230. The number of methoxy groups -OCH3 is 1. The van der Waals surface area contributed by atoms with Gasteiger partial charge in [0.25, 0.3) is 5.91 Å². The minimum atomic E-state index is -0.683. The number of amidine groups is 1. The van der Waals surface area contributed by atoms with E-state index < -0.39 is 6.09 Å². The van der Waals surface area contributed by atoms with Crippen LogP contribution in [0.5, 0.6) is 5.75 Å². The Balaban J connectivity index is 1.57. The third-order valence-corrected chi connectivity index (χ3v) is 6.14. The third-order valence-electron chi connectivity index (χ3n) is 6.14. The largest absolute Gasteiger partial charge is 0.497 e. The first-order valence-electron chi connectivity index (χ1n) is 12.6. The van der Waals surface area contributed by atoms with Gasteiger partial charge in [0.1, 0.15) is 11.6 Å². The minimum absolute atomic E-state index is 0.0973. The molecule has 0 bridgehead atoms. The molecule has 2 amide bonds. The van der Waals surface area contributed by atoms with Gasteiger partial charge < -0.3 is 25.1 Å². The average molecular weight is 505 g/mol. The van der Waals surface area contributed by atoms with Gasteiger partial charge in [-0.15, -0.1) is 0 Å². The van der Waals surface area contributed by atoms with Crippen molar-refractivity contribution in [3.05, 3.63) is 82.7 Å². The molecule has 0 spiro atoms. The molecule has 3 aromatic rings. The van der Waals surface area contributed by atoms with Crippen molar-refractivity contribution in [1.82, 2.24) is 9.88 Å². The topological polar surface area (TPSA) is 108 Å². The number of carbonyl (C=O) groups is 2. The van der Waals surface area contributed by atoms with Gasteiger partial charge in [-0.1, -0.05) is 50.5 Å². The fourth-order valence-corrected chi connectivity index (χ4v) is 4.08. The van der Waals surface area contributed by atoms with Crippen LogP contribution in [0.3, 0.4) is 0 Å². The molecule has 0 saturated carbocycles. The number of nitrogens with zero attached hydrogens (tertiary/aromatic N) is 2. The number of carbonyl (C=O) groups excluding carboxylic acids is 2. The summed E-state index contributed by atoms with van der Waals surface area (Å²) in [6.45, 7) is 6.72. The van der Waals surface area contributed by atoms with Crippen LogP contribution in [0.1, 0.15) is 65.5 Å². The van der Waals surface area contributed by atoms with E-state index in [-0.39, 0.29) is 11.7 Å². The molecular formula is C29H36N4O4. The molecule has 0 unspecified atom stereocenters. The molecule has 0 saturated heterocycles. The number of aliphatic imine (C=N–C) groups is 1. The number of benzene rings is 2. The summed E-state index contributed by atoms with van der Waals surface area (Å²) in [7, 11) is 1.63. The van der Waals surface area contributed by atoms with Crippen LogP contribution in [-0.2, 0) is 11.3 Å². The van der Waals surface area contributed by atoms with E-state index in [1.807, 2.05) is 60.9 Å². The van der Waals surface area contributed by atoms with Gasteiger partial charge in [-0.3, -0.25) is 4.79 Å². The first-order chi connectivity index (χ1) is 17.8. The van der Waals surface area contributed by atoms with Crippen molar-refractivity contribution in [2.75, 3.05) is 13.7 Å². The molecule has 196 valence electrons. The lowest BCUT2D eigenvalue weighted by atomic mass is 10.1. The minimum Gasteiger partial charge on any atom is -0.497 e. The zero-order chi connectivity index (χ0) is 26.8. The van der Waals surface area contributed by atoms with Gasteiger partial charge in [0.05, 0.1) is 19.3 Å². The summed E-state index contributed by atoms with van der Waals surface area (Å²) in [5, 5.41) is 2.98. The number of amides is 2. The monoisotopic (exact) mass is 504 g/mol. The fourth-order valence-electron chi connectivity index (χ4n) is 4.08. The van der Waals surface area contributed by atoms with Crippen LogP contribution in [0.25, 0.3) is 5.69 Å². The number of aryl methyl sites for hydroxylation is 1.